The number of rotatable bonds is 3. The number of benzene rings is 1. The molecule has 2 atom stereocenters. The highest BCUT2D eigenvalue weighted by Gasteiger charge is 2.31. The minimum atomic E-state index is 0.234. The Morgan fingerprint density at radius 2 is 2.06 bits per heavy atom. The molecule has 1 saturated carbocycles. The van der Waals surface area contributed by atoms with E-state index in [4.69, 9.17) is 11.6 Å². The quantitative estimate of drug-likeness (QED) is 0.793. The molecule has 2 aliphatic rings. The van der Waals surface area contributed by atoms with Crippen LogP contribution in [-0.4, -0.2) is 11.9 Å². The SMILES string of the molecule is ClC1Cc2ccccc2C1NCC1CCC1. The predicted molar refractivity (Wildman–Crippen MR) is 67.9 cm³/mol. The molecule has 1 N–H and O–H groups in total. The highest BCUT2D eigenvalue weighted by molar-refractivity contribution is 6.21. The van der Waals surface area contributed by atoms with Crippen molar-refractivity contribution in [2.75, 3.05) is 6.54 Å². The van der Waals surface area contributed by atoms with Crippen LogP contribution < -0.4 is 5.32 Å². The lowest BCUT2D eigenvalue weighted by atomic mass is 9.85. The molecule has 0 aromatic heterocycles. The summed E-state index contributed by atoms with van der Waals surface area (Å²) < 4.78 is 0. The molecule has 1 fully saturated rings. The Morgan fingerprint density at radius 3 is 2.81 bits per heavy atom. The second-order valence-corrected chi connectivity index (χ2v) is 5.66. The largest absolute Gasteiger partial charge is 0.308 e. The summed E-state index contributed by atoms with van der Waals surface area (Å²) in [6, 6.07) is 9.02. The molecule has 2 aliphatic carbocycles. The number of halogens is 1. The van der Waals surface area contributed by atoms with Gasteiger partial charge in [0.25, 0.3) is 0 Å². The van der Waals surface area contributed by atoms with E-state index in [0.717, 1.165) is 18.9 Å². The molecule has 0 spiro atoms. The summed E-state index contributed by atoms with van der Waals surface area (Å²) in [5.41, 5.74) is 2.84. The third-order valence-corrected chi connectivity index (χ3v) is 4.42. The van der Waals surface area contributed by atoms with Gasteiger partial charge in [-0.1, -0.05) is 30.7 Å². The lowest BCUT2D eigenvalue weighted by Gasteiger charge is -2.28. The number of alkyl halides is 1. The van der Waals surface area contributed by atoms with Crippen LogP contribution >= 0.6 is 11.6 Å². The Balaban J connectivity index is 1.69. The van der Waals surface area contributed by atoms with Gasteiger partial charge in [0.1, 0.15) is 0 Å². The molecule has 0 bridgehead atoms. The van der Waals surface area contributed by atoms with Crippen molar-refractivity contribution in [3.63, 3.8) is 0 Å². The van der Waals surface area contributed by atoms with Crippen LogP contribution in [0, 0.1) is 5.92 Å². The third kappa shape index (κ3) is 1.87. The van der Waals surface area contributed by atoms with Crippen molar-refractivity contribution >= 4 is 11.6 Å². The zero-order valence-corrected chi connectivity index (χ0v) is 10.2. The van der Waals surface area contributed by atoms with Crippen molar-refractivity contribution in [1.82, 2.24) is 5.32 Å². The van der Waals surface area contributed by atoms with Gasteiger partial charge < -0.3 is 5.32 Å². The van der Waals surface area contributed by atoms with Crippen molar-refractivity contribution in [2.45, 2.75) is 37.1 Å². The zero-order valence-electron chi connectivity index (χ0n) is 9.45. The Morgan fingerprint density at radius 1 is 1.25 bits per heavy atom. The smallest absolute Gasteiger partial charge is 0.0571 e. The second kappa shape index (κ2) is 4.38. The molecule has 2 unspecified atom stereocenters. The number of hydrogen-bond acceptors (Lipinski definition) is 1. The van der Waals surface area contributed by atoms with E-state index in [9.17, 15) is 0 Å². The summed E-state index contributed by atoms with van der Waals surface area (Å²) in [6.45, 7) is 1.14. The van der Waals surface area contributed by atoms with Gasteiger partial charge in [0.05, 0.1) is 5.38 Å². The Labute approximate surface area is 102 Å². The van der Waals surface area contributed by atoms with Crippen molar-refractivity contribution in [3.8, 4) is 0 Å². The molecular weight excluding hydrogens is 218 g/mol. The average molecular weight is 236 g/mol. The maximum absolute atomic E-state index is 6.43. The molecule has 3 rings (SSSR count). The van der Waals surface area contributed by atoms with Crippen molar-refractivity contribution in [1.29, 1.82) is 0 Å². The van der Waals surface area contributed by atoms with Crippen LogP contribution in [0.3, 0.4) is 0 Å². The topological polar surface area (TPSA) is 12.0 Å². The van der Waals surface area contributed by atoms with Crippen molar-refractivity contribution in [3.05, 3.63) is 35.4 Å². The molecule has 16 heavy (non-hydrogen) atoms. The Kier molecular flexibility index (Phi) is 2.91. The highest BCUT2D eigenvalue weighted by atomic mass is 35.5. The normalized spacial score (nSPS) is 28.8. The van der Waals surface area contributed by atoms with Gasteiger partial charge in [0.2, 0.25) is 0 Å². The molecule has 1 aromatic carbocycles. The summed E-state index contributed by atoms with van der Waals surface area (Å²) in [6.07, 6.45) is 5.22. The first-order valence-electron chi connectivity index (χ1n) is 6.30. The average Bonchev–Trinajstić information content (AvgIpc) is 2.53. The van der Waals surface area contributed by atoms with Crippen LogP contribution in [0.2, 0.25) is 0 Å². The lowest BCUT2D eigenvalue weighted by molar-refractivity contribution is 0.289. The van der Waals surface area contributed by atoms with Crippen molar-refractivity contribution in [2.24, 2.45) is 5.92 Å². The van der Waals surface area contributed by atoms with E-state index in [0.29, 0.717) is 6.04 Å². The minimum Gasteiger partial charge on any atom is -0.308 e. The minimum absolute atomic E-state index is 0.234. The summed E-state index contributed by atoms with van der Waals surface area (Å²) in [5, 5.41) is 3.89. The zero-order chi connectivity index (χ0) is 11.0. The monoisotopic (exact) mass is 235 g/mol. The van der Waals surface area contributed by atoms with Crippen LogP contribution in [0.4, 0.5) is 0 Å². The van der Waals surface area contributed by atoms with Gasteiger partial charge in [-0.15, -0.1) is 11.6 Å². The van der Waals surface area contributed by atoms with Gasteiger partial charge >= 0.3 is 0 Å². The molecule has 0 radical (unpaired) electrons. The fourth-order valence-corrected chi connectivity index (χ4v) is 3.17. The first-order valence-corrected chi connectivity index (χ1v) is 6.73. The van der Waals surface area contributed by atoms with E-state index in [1.807, 2.05) is 0 Å². The van der Waals surface area contributed by atoms with Crippen LogP contribution in [0.25, 0.3) is 0 Å². The second-order valence-electron chi connectivity index (χ2n) is 5.10. The van der Waals surface area contributed by atoms with E-state index < -0.39 is 0 Å². The molecule has 0 saturated heterocycles. The maximum atomic E-state index is 6.43. The van der Waals surface area contributed by atoms with E-state index in [-0.39, 0.29) is 5.38 Å². The highest BCUT2D eigenvalue weighted by Crippen LogP contribution is 2.35. The molecule has 1 aromatic rings. The lowest BCUT2D eigenvalue weighted by Crippen LogP contribution is -2.33. The van der Waals surface area contributed by atoms with E-state index in [1.165, 1.54) is 30.4 Å². The molecule has 1 nitrogen and oxygen atoms in total. The van der Waals surface area contributed by atoms with E-state index >= 15 is 0 Å². The van der Waals surface area contributed by atoms with E-state index in [2.05, 4.69) is 29.6 Å². The van der Waals surface area contributed by atoms with Gasteiger partial charge in [0.15, 0.2) is 0 Å². The molecule has 0 heterocycles. The van der Waals surface area contributed by atoms with Gasteiger partial charge in [-0.25, -0.2) is 0 Å². The summed E-state index contributed by atoms with van der Waals surface area (Å²) in [4.78, 5) is 0. The number of hydrogen-bond donors (Lipinski definition) is 1. The maximum Gasteiger partial charge on any atom is 0.0571 e. The van der Waals surface area contributed by atoms with Crippen LogP contribution in [0.15, 0.2) is 24.3 Å². The fraction of sp³-hybridized carbons (Fsp3) is 0.571. The third-order valence-electron chi connectivity index (χ3n) is 4.02. The first kappa shape index (κ1) is 10.6. The predicted octanol–water partition coefficient (Wildman–Crippen LogP) is 3.28. The van der Waals surface area contributed by atoms with E-state index in [1.54, 1.807) is 0 Å². The number of fused-ring (bicyclic) bond motifs is 1. The standard InChI is InChI=1S/C14H18ClN/c15-13-8-11-6-1-2-7-12(11)14(13)16-9-10-4-3-5-10/h1-2,6-7,10,13-14,16H,3-5,8-9H2. The summed E-state index contributed by atoms with van der Waals surface area (Å²) in [7, 11) is 0. The van der Waals surface area contributed by atoms with Gasteiger partial charge in [-0.3, -0.25) is 0 Å². The fourth-order valence-electron chi connectivity index (χ4n) is 2.77. The first-order chi connectivity index (χ1) is 7.84. The van der Waals surface area contributed by atoms with Crippen molar-refractivity contribution < 1.29 is 0 Å². The van der Waals surface area contributed by atoms with Crippen LogP contribution in [0.5, 0.6) is 0 Å². The van der Waals surface area contributed by atoms with Gasteiger partial charge in [0, 0.05) is 6.04 Å². The molecular formula is C14H18ClN. The molecule has 0 amide bonds. The Bertz CT molecular complexity index is 373. The van der Waals surface area contributed by atoms with Gasteiger partial charge in [-0.05, 0) is 42.9 Å². The van der Waals surface area contributed by atoms with Crippen LogP contribution in [0.1, 0.15) is 36.4 Å². The summed E-state index contributed by atoms with van der Waals surface area (Å²) in [5.74, 6) is 0.900. The summed E-state index contributed by atoms with van der Waals surface area (Å²) >= 11 is 6.43. The Hall–Kier alpha value is -0.530. The van der Waals surface area contributed by atoms with Gasteiger partial charge in [-0.2, -0.15) is 0 Å². The number of nitrogens with one attached hydrogen (secondary N) is 1. The molecule has 86 valence electrons. The molecule has 0 aliphatic heterocycles. The van der Waals surface area contributed by atoms with Crippen LogP contribution in [-0.2, 0) is 6.42 Å². The molecule has 2 heteroatoms.